The molecule has 2 aromatic rings. The Balaban J connectivity index is 2.18. The van der Waals surface area contributed by atoms with Gasteiger partial charge in [-0.2, -0.15) is 0 Å². The molecule has 0 spiro atoms. The zero-order valence-electron chi connectivity index (χ0n) is 15.5. The second kappa shape index (κ2) is 8.72. The van der Waals surface area contributed by atoms with Gasteiger partial charge in [0.1, 0.15) is 5.75 Å². The third kappa shape index (κ3) is 4.55. The predicted molar refractivity (Wildman–Crippen MR) is 105 cm³/mol. The Morgan fingerprint density at radius 1 is 1.15 bits per heavy atom. The Bertz CT molecular complexity index is 793. The van der Waals surface area contributed by atoms with Crippen LogP contribution in [0.4, 0.5) is 11.4 Å². The molecular formula is C20H23ClN2O3. The van der Waals surface area contributed by atoms with E-state index in [0.717, 1.165) is 11.3 Å². The minimum absolute atomic E-state index is 0.0768. The summed E-state index contributed by atoms with van der Waals surface area (Å²) in [5, 5.41) is 0.564. The topological polar surface area (TPSA) is 49.9 Å². The molecule has 0 bridgehead atoms. The summed E-state index contributed by atoms with van der Waals surface area (Å²) < 4.78 is 5.36. The molecule has 0 aliphatic heterocycles. The van der Waals surface area contributed by atoms with Crippen LogP contribution in [0.15, 0.2) is 42.5 Å². The van der Waals surface area contributed by atoms with Crippen molar-refractivity contribution in [3.8, 4) is 5.75 Å². The summed E-state index contributed by atoms with van der Waals surface area (Å²) in [6.45, 7) is 3.58. The lowest BCUT2D eigenvalue weighted by Crippen LogP contribution is -2.35. The van der Waals surface area contributed by atoms with Gasteiger partial charge in [0.15, 0.2) is 0 Å². The Morgan fingerprint density at radius 3 is 2.38 bits per heavy atom. The predicted octanol–water partition coefficient (Wildman–Crippen LogP) is 4.06. The van der Waals surface area contributed by atoms with Gasteiger partial charge in [-0.05, 0) is 30.7 Å². The highest BCUT2D eigenvalue weighted by Gasteiger charge is 2.20. The fourth-order valence-corrected chi connectivity index (χ4v) is 2.79. The Kier molecular flexibility index (Phi) is 6.64. The van der Waals surface area contributed by atoms with Crippen LogP contribution < -0.4 is 14.5 Å². The maximum atomic E-state index is 12.5. The molecule has 0 fully saturated rings. The van der Waals surface area contributed by atoms with Gasteiger partial charge in [-0.1, -0.05) is 29.8 Å². The number of halogens is 1. The fourth-order valence-electron chi connectivity index (χ4n) is 2.64. The lowest BCUT2D eigenvalue weighted by Gasteiger charge is -2.25. The van der Waals surface area contributed by atoms with Crippen LogP contribution in [0.1, 0.15) is 18.9 Å². The number of aryl methyl sites for hydroxylation is 1. The number of amides is 2. The molecule has 6 heteroatoms. The van der Waals surface area contributed by atoms with Crippen LogP contribution in [0.5, 0.6) is 5.75 Å². The Labute approximate surface area is 159 Å². The van der Waals surface area contributed by atoms with E-state index in [0.29, 0.717) is 16.5 Å². The van der Waals surface area contributed by atoms with E-state index in [1.54, 1.807) is 29.0 Å². The van der Waals surface area contributed by atoms with Gasteiger partial charge in [0.25, 0.3) is 0 Å². The molecule has 138 valence electrons. The van der Waals surface area contributed by atoms with Gasteiger partial charge in [0, 0.05) is 43.7 Å². The molecule has 0 aliphatic rings. The molecule has 2 amide bonds. The number of anilines is 2. The number of carbonyl (C=O) groups excluding carboxylic acids is 2. The number of rotatable bonds is 6. The summed E-state index contributed by atoms with van der Waals surface area (Å²) in [4.78, 5) is 27.8. The molecule has 0 unspecified atom stereocenters. The van der Waals surface area contributed by atoms with E-state index in [4.69, 9.17) is 16.3 Å². The van der Waals surface area contributed by atoms with Crippen molar-refractivity contribution in [2.45, 2.75) is 20.3 Å². The normalized spacial score (nSPS) is 10.3. The lowest BCUT2D eigenvalue weighted by atomic mass is 10.1. The zero-order valence-corrected chi connectivity index (χ0v) is 16.2. The average Bonchev–Trinajstić information content (AvgIpc) is 2.64. The molecule has 2 aromatic carbocycles. The quantitative estimate of drug-likeness (QED) is 0.766. The fraction of sp³-hybridized carbons (Fsp3) is 0.300. The van der Waals surface area contributed by atoms with Crippen LogP contribution in [-0.4, -0.2) is 32.5 Å². The van der Waals surface area contributed by atoms with Crippen molar-refractivity contribution < 1.29 is 14.3 Å². The third-order valence-electron chi connectivity index (χ3n) is 4.20. The Hall–Kier alpha value is -2.53. The van der Waals surface area contributed by atoms with Crippen LogP contribution in [0.25, 0.3) is 0 Å². The van der Waals surface area contributed by atoms with Crippen molar-refractivity contribution in [2.24, 2.45) is 0 Å². The zero-order chi connectivity index (χ0) is 19.3. The summed E-state index contributed by atoms with van der Waals surface area (Å²) in [5.74, 6) is 0.256. The molecular weight excluding hydrogens is 352 g/mol. The van der Waals surface area contributed by atoms with E-state index in [1.165, 1.54) is 14.0 Å². The average molecular weight is 375 g/mol. The molecule has 0 aromatic heterocycles. The van der Waals surface area contributed by atoms with Gasteiger partial charge in [0.05, 0.1) is 12.8 Å². The number of carbonyl (C=O) groups is 2. The molecule has 0 saturated carbocycles. The minimum atomic E-state index is -0.166. The third-order valence-corrected chi connectivity index (χ3v) is 4.61. The first kappa shape index (κ1) is 19.8. The van der Waals surface area contributed by atoms with Crippen molar-refractivity contribution >= 4 is 34.8 Å². The molecule has 0 aliphatic carbocycles. The van der Waals surface area contributed by atoms with Crippen LogP contribution in [0, 0.1) is 6.92 Å². The van der Waals surface area contributed by atoms with E-state index in [1.807, 2.05) is 37.3 Å². The van der Waals surface area contributed by atoms with Gasteiger partial charge < -0.3 is 14.5 Å². The molecule has 2 rings (SSSR count). The van der Waals surface area contributed by atoms with E-state index >= 15 is 0 Å². The molecule has 5 nitrogen and oxygen atoms in total. The highest BCUT2D eigenvalue weighted by atomic mass is 35.5. The highest BCUT2D eigenvalue weighted by molar-refractivity contribution is 6.31. The molecule has 26 heavy (non-hydrogen) atoms. The summed E-state index contributed by atoms with van der Waals surface area (Å²) in [6, 6.07) is 12.9. The number of nitrogens with zero attached hydrogens (tertiary/aromatic N) is 2. The maximum Gasteiger partial charge on any atom is 0.228 e. The second-order valence-electron chi connectivity index (χ2n) is 5.98. The number of para-hydroxylation sites is 1. The van der Waals surface area contributed by atoms with Crippen LogP contribution >= 0.6 is 11.6 Å². The van der Waals surface area contributed by atoms with Crippen molar-refractivity contribution in [1.82, 2.24) is 0 Å². The highest BCUT2D eigenvalue weighted by Crippen LogP contribution is 2.34. The van der Waals surface area contributed by atoms with Crippen LogP contribution in [0.3, 0.4) is 0 Å². The summed E-state index contributed by atoms with van der Waals surface area (Å²) in [5.41, 5.74) is 2.25. The number of hydrogen-bond acceptors (Lipinski definition) is 3. The molecule has 0 radical (unpaired) electrons. The van der Waals surface area contributed by atoms with E-state index in [9.17, 15) is 9.59 Å². The molecule has 0 heterocycles. The summed E-state index contributed by atoms with van der Waals surface area (Å²) >= 11 is 6.14. The minimum Gasteiger partial charge on any atom is -0.495 e. The van der Waals surface area contributed by atoms with Gasteiger partial charge >= 0.3 is 0 Å². The van der Waals surface area contributed by atoms with Crippen molar-refractivity contribution in [2.75, 3.05) is 30.5 Å². The van der Waals surface area contributed by atoms with Crippen molar-refractivity contribution in [3.63, 3.8) is 0 Å². The maximum absolute atomic E-state index is 12.5. The smallest absolute Gasteiger partial charge is 0.228 e. The van der Waals surface area contributed by atoms with Crippen LogP contribution in [-0.2, 0) is 9.59 Å². The van der Waals surface area contributed by atoms with E-state index in [-0.39, 0.29) is 24.8 Å². The number of hydrogen-bond donors (Lipinski definition) is 0. The molecule has 0 N–H and O–H groups in total. The lowest BCUT2D eigenvalue weighted by molar-refractivity contribution is -0.118. The first-order valence-electron chi connectivity index (χ1n) is 8.29. The van der Waals surface area contributed by atoms with Crippen molar-refractivity contribution in [1.29, 1.82) is 0 Å². The first-order chi connectivity index (χ1) is 12.3. The van der Waals surface area contributed by atoms with E-state index < -0.39 is 0 Å². The van der Waals surface area contributed by atoms with Crippen LogP contribution in [0.2, 0.25) is 5.02 Å². The second-order valence-corrected chi connectivity index (χ2v) is 6.39. The number of ether oxygens (including phenoxy) is 1. The van der Waals surface area contributed by atoms with E-state index in [2.05, 4.69) is 0 Å². The summed E-state index contributed by atoms with van der Waals surface area (Å²) in [6.07, 6.45) is 0.190. The first-order valence-corrected chi connectivity index (χ1v) is 8.66. The summed E-state index contributed by atoms with van der Waals surface area (Å²) in [7, 11) is 3.25. The molecule has 0 atom stereocenters. The van der Waals surface area contributed by atoms with Gasteiger partial charge in [-0.15, -0.1) is 0 Å². The van der Waals surface area contributed by atoms with Crippen molar-refractivity contribution in [3.05, 3.63) is 53.1 Å². The monoisotopic (exact) mass is 374 g/mol. The molecule has 0 saturated heterocycles. The standard InChI is InChI=1S/C20H23ClN2O3/c1-14-12-18(19(26-4)13-17(14)21)23(15(2)24)11-10-20(25)22(3)16-8-6-5-7-9-16/h5-9,12-13H,10-11H2,1-4H3. The van der Waals surface area contributed by atoms with Gasteiger partial charge in [0.2, 0.25) is 11.8 Å². The van der Waals surface area contributed by atoms with Gasteiger partial charge in [-0.25, -0.2) is 0 Å². The van der Waals surface area contributed by atoms with Gasteiger partial charge in [-0.3, -0.25) is 9.59 Å². The Morgan fingerprint density at radius 2 is 1.81 bits per heavy atom. The number of methoxy groups -OCH3 is 1. The number of benzene rings is 2. The SMILES string of the molecule is COc1cc(Cl)c(C)cc1N(CCC(=O)N(C)c1ccccc1)C(C)=O. The largest absolute Gasteiger partial charge is 0.495 e.